The van der Waals surface area contributed by atoms with Gasteiger partial charge in [-0.3, -0.25) is 0 Å². The first-order valence-electron chi connectivity index (χ1n) is 1.85. The van der Waals surface area contributed by atoms with Crippen molar-refractivity contribution in [3.05, 3.63) is 18.2 Å². The van der Waals surface area contributed by atoms with Gasteiger partial charge in [0.1, 0.15) is 5.82 Å². The second-order valence-corrected chi connectivity index (χ2v) is 1.17. The van der Waals surface area contributed by atoms with Gasteiger partial charge < -0.3 is 4.98 Å². The monoisotopic (exact) mass is 146 g/mol. The van der Waals surface area contributed by atoms with Crippen LogP contribution in [0.5, 0.6) is 0 Å². The van der Waals surface area contributed by atoms with Crippen molar-refractivity contribution < 1.29 is 19.5 Å². The summed E-state index contributed by atoms with van der Waals surface area (Å²) < 4.78 is 0. The zero-order valence-electron chi connectivity index (χ0n) is 4.31. The molecule has 0 atom stereocenters. The first-order chi connectivity index (χ1) is 2.89. The quantitative estimate of drug-likeness (QED) is 0.538. The van der Waals surface area contributed by atoms with Crippen LogP contribution in [0.4, 0.5) is 0 Å². The van der Waals surface area contributed by atoms with Crippen LogP contribution in [-0.4, -0.2) is 9.97 Å². The topological polar surface area (TPSA) is 28.7 Å². The van der Waals surface area contributed by atoms with Crippen molar-refractivity contribution >= 4 is 0 Å². The standard InChI is InChI=1S/C4H6N2.Zn/c1-4-5-2-3-6-4;/h2-3H,1H3,(H,5,6);. The van der Waals surface area contributed by atoms with Crippen LogP contribution in [0.2, 0.25) is 0 Å². The molecule has 34 valence electrons. The number of nitrogens with zero attached hydrogens (tertiary/aromatic N) is 1. The van der Waals surface area contributed by atoms with Gasteiger partial charge in [-0.2, -0.15) is 0 Å². The van der Waals surface area contributed by atoms with Crippen LogP contribution in [0.3, 0.4) is 0 Å². The van der Waals surface area contributed by atoms with Gasteiger partial charge in [-0.05, 0) is 6.92 Å². The molecule has 1 aromatic rings. The fourth-order valence-electron chi connectivity index (χ4n) is 0.344. The number of aryl methyl sites for hydroxylation is 1. The van der Waals surface area contributed by atoms with Crippen molar-refractivity contribution in [1.29, 1.82) is 0 Å². The van der Waals surface area contributed by atoms with Crippen LogP contribution in [0.1, 0.15) is 5.82 Å². The van der Waals surface area contributed by atoms with Gasteiger partial charge in [-0.1, -0.05) is 0 Å². The molecule has 0 radical (unpaired) electrons. The van der Waals surface area contributed by atoms with Crippen molar-refractivity contribution in [3.63, 3.8) is 0 Å². The van der Waals surface area contributed by atoms with Gasteiger partial charge in [0.2, 0.25) is 0 Å². The summed E-state index contributed by atoms with van der Waals surface area (Å²) in [6, 6.07) is 0. The fraction of sp³-hybridized carbons (Fsp3) is 0.250. The molecule has 0 fully saturated rings. The average molecular weight is 147 g/mol. The van der Waals surface area contributed by atoms with E-state index < -0.39 is 0 Å². The van der Waals surface area contributed by atoms with E-state index in [0.717, 1.165) is 5.82 Å². The Morgan fingerprint density at radius 2 is 2.43 bits per heavy atom. The number of hydrogen-bond acceptors (Lipinski definition) is 1. The molecule has 0 aromatic carbocycles. The zero-order chi connectivity index (χ0) is 4.41. The maximum Gasteiger partial charge on any atom is 0.102 e. The summed E-state index contributed by atoms with van der Waals surface area (Å²) in [6.07, 6.45) is 3.53. The van der Waals surface area contributed by atoms with E-state index in [1.165, 1.54) is 0 Å². The molecule has 0 aliphatic heterocycles. The first-order valence-corrected chi connectivity index (χ1v) is 1.85. The number of aromatic nitrogens is 2. The Morgan fingerprint density at radius 1 is 1.71 bits per heavy atom. The van der Waals surface area contributed by atoms with Gasteiger partial charge in [0.15, 0.2) is 0 Å². The molecule has 2 nitrogen and oxygen atoms in total. The first kappa shape index (κ1) is 6.83. The molecule has 0 aliphatic rings. The van der Waals surface area contributed by atoms with Gasteiger partial charge in [-0.25, -0.2) is 4.98 Å². The third kappa shape index (κ3) is 1.84. The molecule has 0 bridgehead atoms. The summed E-state index contributed by atoms with van der Waals surface area (Å²) in [5.74, 6) is 0.968. The van der Waals surface area contributed by atoms with E-state index in [-0.39, 0.29) is 19.5 Å². The Kier molecular flexibility index (Phi) is 2.85. The smallest absolute Gasteiger partial charge is 0.102 e. The normalized spacial score (nSPS) is 7.57. The molecule has 0 saturated carbocycles. The van der Waals surface area contributed by atoms with Gasteiger partial charge >= 0.3 is 0 Å². The molecule has 1 N–H and O–H groups in total. The Balaban J connectivity index is 0.000000360. The van der Waals surface area contributed by atoms with Crippen LogP contribution in [0.25, 0.3) is 0 Å². The van der Waals surface area contributed by atoms with E-state index >= 15 is 0 Å². The molecular formula is C4H6N2Zn. The Hall–Kier alpha value is -0.167. The molecule has 1 heterocycles. The van der Waals surface area contributed by atoms with Gasteiger partial charge in [-0.15, -0.1) is 0 Å². The van der Waals surface area contributed by atoms with Crippen LogP contribution in [0, 0.1) is 6.92 Å². The number of hydrogen-bond donors (Lipinski definition) is 1. The molecule has 1 rings (SSSR count). The van der Waals surface area contributed by atoms with Crippen LogP contribution in [-0.2, 0) is 19.5 Å². The number of imidazole rings is 1. The third-order valence-electron chi connectivity index (χ3n) is 0.635. The molecule has 0 unspecified atom stereocenters. The predicted molar refractivity (Wildman–Crippen MR) is 23.3 cm³/mol. The van der Waals surface area contributed by atoms with Crippen molar-refractivity contribution in [2.45, 2.75) is 6.92 Å². The van der Waals surface area contributed by atoms with Gasteiger partial charge in [0.25, 0.3) is 0 Å². The maximum atomic E-state index is 3.86. The third-order valence-corrected chi connectivity index (χ3v) is 0.635. The van der Waals surface area contributed by atoms with Crippen molar-refractivity contribution in [1.82, 2.24) is 9.97 Å². The molecule has 7 heavy (non-hydrogen) atoms. The molecule has 1 aromatic heterocycles. The Morgan fingerprint density at radius 3 is 2.57 bits per heavy atom. The van der Waals surface area contributed by atoms with E-state index in [4.69, 9.17) is 0 Å². The molecular weight excluding hydrogens is 141 g/mol. The van der Waals surface area contributed by atoms with E-state index in [0.29, 0.717) is 0 Å². The summed E-state index contributed by atoms with van der Waals surface area (Å²) in [5.41, 5.74) is 0. The van der Waals surface area contributed by atoms with Crippen LogP contribution >= 0.6 is 0 Å². The fourth-order valence-corrected chi connectivity index (χ4v) is 0.344. The Labute approximate surface area is 55.1 Å². The predicted octanol–water partition coefficient (Wildman–Crippen LogP) is 0.716. The maximum absolute atomic E-state index is 3.86. The molecule has 0 aliphatic carbocycles. The van der Waals surface area contributed by atoms with Gasteiger partial charge in [0, 0.05) is 31.9 Å². The van der Waals surface area contributed by atoms with Crippen molar-refractivity contribution in [3.8, 4) is 0 Å². The minimum Gasteiger partial charge on any atom is -0.349 e. The summed E-state index contributed by atoms with van der Waals surface area (Å²) in [5, 5.41) is 0. The molecule has 3 heteroatoms. The summed E-state index contributed by atoms with van der Waals surface area (Å²) in [7, 11) is 0. The largest absolute Gasteiger partial charge is 0.349 e. The zero-order valence-corrected chi connectivity index (χ0v) is 7.28. The minimum absolute atomic E-state index is 0. The van der Waals surface area contributed by atoms with Crippen molar-refractivity contribution in [2.24, 2.45) is 0 Å². The summed E-state index contributed by atoms with van der Waals surface area (Å²) in [4.78, 5) is 6.75. The molecule has 0 amide bonds. The summed E-state index contributed by atoms with van der Waals surface area (Å²) in [6.45, 7) is 1.92. The van der Waals surface area contributed by atoms with E-state index in [9.17, 15) is 0 Å². The van der Waals surface area contributed by atoms with Gasteiger partial charge in [0.05, 0.1) is 0 Å². The van der Waals surface area contributed by atoms with Crippen LogP contribution in [0.15, 0.2) is 12.4 Å². The number of nitrogens with one attached hydrogen (secondary N) is 1. The van der Waals surface area contributed by atoms with E-state index in [1.54, 1.807) is 12.4 Å². The number of rotatable bonds is 0. The minimum atomic E-state index is 0. The average Bonchev–Trinajstić information content (AvgIpc) is 1.86. The van der Waals surface area contributed by atoms with E-state index in [2.05, 4.69) is 9.97 Å². The second kappa shape index (κ2) is 2.92. The number of H-pyrrole nitrogens is 1. The van der Waals surface area contributed by atoms with E-state index in [1.807, 2.05) is 6.92 Å². The second-order valence-electron chi connectivity index (χ2n) is 1.17. The molecule has 0 spiro atoms. The van der Waals surface area contributed by atoms with Crippen LogP contribution < -0.4 is 0 Å². The molecule has 0 saturated heterocycles. The Bertz CT molecular complexity index is 113. The summed E-state index contributed by atoms with van der Waals surface area (Å²) >= 11 is 0. The van der Waals surface area contributed by atoms with Crippen molar-refractivity contribution in [2.75, 3.05) is 0 Å². The number of aromatic amines is 1. The SMILES string of the molecule is Cc1ncc[nH]1.[Zn].